The van der Waals surface area contributed by atoms with Gasteiger partial charge in [-0.3, -0.25) is 0 Å². The van der Waals surface area contributed by atoms with Crippen LogP contribution >= 0.6 is 11.5 Å². The number of hydrogen-bond acceptors (Lipinski definition) is 3. The van der Waals surface area contributed by atoms with Gasteiger partial charge in [-0.05, 0) is 18.5 Å². The highest BCUT2D eigenvalue weighted by Crippen LogP contribution is 1.90. The van der Waals surface area contributed by atoms with Gasteiger partial charge in [-0.2, -0.15) is 0 Å². The van der Waals surface area contributed by atoms with E-state index in [2.05, 4.69) is 16.5 Å². The molecule has 1 radical (unpaired) electrons. The van der Waals surface area contributed by atoms with Gasteiger partial charge >= 0.3 is 0 Å². The summed E-state index contributed by atoms with van der Waals surface area (Å²) in [5, 5.41) is 5.37. The molecule has 0 spiro atoms. The van der Waals surface area contributed by atoms with Crippen molar-refractivity contribution in [2.45, 2.75) is 0 Å². The molecule has 1 aromatic heterocycles. The standard InChI is InChI=1S/C3H3N2S/c1-3-2-6-5-4-3/h2H,1H2. The normalized spacial score (nSPS) is 8.83. The molecule has 0 unspecified atom stereocenters. The van der Waals surface area contributed by atoms with Crippen LogP contribution in [0.4, 0.5) is 0 Å². The van der Waals surface area contributed by atoms with E-state index >= 15 is 0 Å². The average Bonchev–Trinajstić information content (AvgIpc) is 1.86. The van der Waals surface area contributed by atoms with E-state index in [0.717, 1.165) is 5.69 Å². The number of nitrogens with zero attached hydrogens (tertiary/aromatic N) is 2. The Morgan fingerprint density at radius 2 is 2.67 bits per heavy atom. The third-order valence-electron chi connectivity index (χ3n) is 0.405. The zero-order valence-corrected chi connectivity index (χ0v) is 3.90. The van der Waals surface area contributed by atoms with Gasteiger partial charge in [-0.25, -0.2) is 0 Å². The first-order chi connectivity index (χ1) is 2.89. The molecule has 0 aliphatic heterocycles. The minimum absolute atomic E-state index is 0.750. The van der Waals surface area contributed by atoms with E-state index in [1.807, 2.05) is 0 Å². The second-order valence-electron chi connectivity index (χ2n) is 0.896. The highest BCUT2D eigenvalue weighted by Gasteiger charge is 1.78. The molecule has 2 nitrogen and oxygen atoms in total. The summed E-state index contributed by atoms with van der Waals surface area (Å²) in [4.78, 5) is 0. The van der Waals surface area contributed by atoms with Crippen molar-refractivity contribution < 1.29 is 0 Å². The third kappa shape index (κ3) is 0.542. The fourth-order valence-electron chi connectivity index (χ4n) is 0.184. The maximum absolute atomic E-state index is 3.57. The average molecular weight is 99.1 g/mol. The molecule has 0 aliphatic rings. The Hall–Kier alpha value is -0.440. The first-order valence-corrected chi connectivity index (χ1v) is 2.32. The number of hydrogen-bond donors (Lipinski definition) is 0. The van der Waals surface area contributed by atoms with Crippen LogP contribution in [0.1, 0.15) is 5.69 Å². The van der Waals surface area contributed by atoms with Crippen molar-refractivity contribution in [3.63, 3.8) is 0 Å². The van der Waals surface area contributed by atoms with E-state index in [0.29, 0.717) is 0 Å². The van der Waals surface area contributed by atoms with Gasteiger partial charge in [0.15, 0.2) is 0 Å². The topological polar surface area (TPSA) is 25.8 Å². The highest BCUT2D eigenvalue weighted by molar-refractivity contribution is 7.03. The molecule has 0 aliphatic carbocycles. The third-order valence-corrected chi connectivity index (χ3v) is 0.959. The molecular formula is C3H3N2S. The first kappa shape index (κ1) is 3.74. The van der Waals surface area contributed by atoms with E-state index in [9.17, 15) is 0 Å². The maximum Gasteiger partial charge on any atom is 0.0759 e. The predicted octanol–water partition coefficient (Wildman–Crippen LogP) is 0.720. The molecule has 0 bridgehead atoms. The summed E-state index contributed by atoms with van der Waals surface area (Å²) < 4.78 is 3.55. The second kappa shape index (κ2) is 1.34. The summed E-state index contributed by atoms with van der Waals surface area (Å²) in [6.45, 7) is 3.52. The molecule has 6 heavy (non-hydrogen) atoms. The van der Waals surface area contributed by atoms with Crippen molar-refractivity contribution in [1.82, 2.24) is 9.59 Å². The molecule has 1 aromatic rings. The van der Waals surface area contributed by atoms with Crippen molar-refractivity contribution >= 4 is 11.5 Å². The predicted molar refractivity (Wildman–Crippen MR) is 24.4 cm³/mol. The van der Waals surface area contributed by atoms with Crippen LogP contribution in [-0.4, -0.2) is 9.59 Å². The summed E-state index contributed by atoms with van der Waals surface area (Å²) >= 11 is 1.32. The Morgan fingerprint density at radius 3 is 2.83 bits per heavy atom. The molecule has 0 N–H and O–H groups in total. The molecule has 0 amide bonds. The molecule has 0 aromatic carbocycles. The van der Waals surface area contributed by atoms with Crippen LogP contribution in [0.25, 0.3) is 0 Å². The van der Waals surface area contributed by atoms with Crippen LogP contribution < -0.4 is 0 Å². The van der Waals surface area contributed by atoms with Crippen LogP contribution in [0.5, 0.6) is 0 Å². The monoisotopic (exact) mass is 99.0 g/mol. The molecular weight excluding hydrogens is 96.1 g/mol. The van der Waals surface area contributed by atoms with Crippen LogP contribution in [0.3, 0.4) is 0 Å². The minimum atomic E-state index is 0.750. The van der Waals surface area contributed by atoms with Crippen LogP contribution in [0.2, 0.25) is 0 Å². The second-order valence-corrected chi connectivity index (χ2v) is 1.51. The molecule has 0 atom stereocenters. The summed E-state index contributed by atoms with van der Waals surface area (Å²) in [5.41, 5.74) is 0.750. The van der Waals surface area contributed by atoms with Gasteiger partial charge in [0, 0.05) is 5.38 Å². The summed E-state index contributed by atoms with van der Waals surface area (Å²) in [6, 6.07) is 0. The number of rotatable bonds is 0. The van der Waals surface area contributed by atoms with E-state index < -0.39 is 0 Å². The Kier molecular flexibility index (Phi) is 0.837. The minimum Gasteiger partial charge on any atom is -0.143 e. The molecule has 1 rings (SSSR count). The first-order valence-electron chi connectivity index (χ1n) is 1.48. The van der Waals surface area contributed by atoms with Crippen molar-refractivity contribution in [1.29, 1.82) is 0 Å². The zero-order valence-electron chi connectivity index (χ0n) is 3.09. The lowest BCUT2D eigenvalue weighted by Gasteiger charge is -1.61. The Labute approximate surface area is 40.0 Å². The summed E-state index contributed by atoms with van der Waals surface area (Å²) in [7, 11) is 0. The molecule has 1 heterocycles. The summed E-state index contributed by atoms with van der Waals surface area (Å²) in [6.07, 6.45) is 0. The van der Waals surface area contributed by atoms with Crippen molar-refractivity contribution in [2.75, 3.05) is 0 Å². The smallest absolute Gasteiger partial charge is 0.0759 e. The lowest BCUT2D eigenvalue weighted by molar-refractivity contribution is 1.12. The Bertz CT molecular complexity index is 112. The van der Waals surface area contributed by atoms with Gasteiger partial charge in [0.05, 0.1) is 5.69 Å². The maximum atomic E-state index is 3.57. The van der Waals surface area contributed by atoms with Crippen LogP contribution in [-0.2, 0) is 0 Å². The fourth-order valence-corrected chi connectivity index (χ4v) is 0.552. The molecule has 0 saturated heterocycles. The van der Waals surface area contributed by atoms with Crippen molar-refractivity contribution in [3.8, 4) is 0 Å². The molecule has 0 saturated carbocycles. The lowest BCUT2D eigenvalue weighted by atomic mass is 10.6. The number of aromatic nitrogens is 2. The van der Waals surface area contributed by atoms with Gasteiger partial charge in [0.2, 0.25) is 0 Å². The largest absolute Gasteiger partial charge is 0.143 e. The van der Waals surface area contributed by atoms with E-state index in [-0.39, 0.29) is 0 Å². The van der Waals surface area contributed by atoms with E-state index in [4.69, 9.17) is 0 Å². The quantitative estimate of drug-likeness (QED) is 0.479. The van der Waals surface area contributed by atoms with Gasteiger partial charge in [-0.15, -0.1) is 5.10 Å². The van der Waals surface area contributed by atoms with E-state index in [1.54, 1.807) is 5.38 Å². The molecule has 3 heteroatoms. The van der Waals surface area contributed by atoms with Gasteiger partial charge < -0.3 is 0 Å². The van der Waals surface area contributed by atoms with Crippen LogP contribution in [0.15, 0.2) is 5.38 Å². The SMILES string of the molecule is [CH2]c1csnn1. The Morgan fingerprint density at radius 1 is 1.83 bits per heavy atom. The van der Waals surface area contributed by atoms with E-state index in [1.165, 1.54) is 11.5 Å². The molecule has 31 valence electrons. The van der Waals surface area contributed by atoms with Gasteiger partial charge in [0.1, 0.15) is 0 Å². The van der Waals surface area contributed by atoms with Gasteiger partial charge in [-0.1, -0.05) is 4.49 Å². The lowest BCUT2D eigenvalue weighted by Crippen LogP contribution is -1.64. The zero-order chi connectivity index (χ0) is 4.41. The highest BCUT2D eigenvalue weighted by atomic mass is 32.1. The Balaban J connectivity index is 3.05. The van der Waals surface area contributed by atoms with Crippen LogP contribution in [0, 0.1) is 6.92 Å². The van der Waals surface area contributed by atoms with Crippen molar-refractivity contribution in [3.05, 3.63) is 18.0 Å². The fraction of sp³-hybridized carbons (Fsp3) is 0. The van der Waals surface area contributed by atoms with Gasteiger partial charge in [0.25, 0.3) is 0 Å². The molecule has 0 fully saturated rings. The summed E-state index contributed by atoms with van der Waals surface area (Å²) in [5.74, 6) is 0. The van der Waals surface area contributed by atoms with Crippen molar-refractivity contribution in [2.24, 2.45) is 0 Å².